The Hall–Kier alpha value is -5.77. The van der Waals surface area contributed by atoms with Gasteiger partial charge in [0.15, 0.2) is 17.1 Å². The third-order valence-corrected chi connectivity index (χ3v) is 9.16. The third kappa shape index (κ3) is 6.48. The minimum atomic E-state index is -0.500. The summed E-state index contributed by atoms with van der Waals surface area (Å²) in [5, 5.41) is 6.61. The molecule has 0 bridgehead atoms. The summed E-state index contributed by atoms with van der Waals surface area (Å²) in [7, 11) is 6.23. The average molecular weight is 677 g/mol. The van der Waals surface area contributed by atoms with Crippen LogP contribution in [0.25, 0.3) is 33.4 Å². The smallest absolute Gasteiger partial charge is 0.225 e. The number of amides is 2. The van der Waals surface area contributed by atoms with Gasteiger partial charge < -0.3 is 34.0 Å². The molecule has 1 heterocycles. The number of aryl methyl sites for hydroxylation is 1. The molecule has 10 nitrogen and oxygen atoms in total. The highest BCUT2D eigenvalue weighted by Crippen LogP contribution is 2.51. The lowest BCUT2D eigenvalue weighted by Crippen LogP contribution is -2.28. The van der Waals surface area contributed by atoms with E-state index in [1.165, 1.54) is 20.1 Å². The summed E-state index contributed by atoms with van der Waals surface area (Å²) in [5.41, 5.74) is 4.70. The van der Waals surface area contributed by atoms with Gasteiger partial charge in [0, 0.05) is 29.0 Å². The van der Waals surface area contributed by atoms with Crippen molar-refractivity contribution in [3.05, 3.63) is 105 Å². The van der Waals surface area contributed by atoms with Crippen LogP contribution in [0, 0.1) is 0 Å². The molecule has 0 fully saturated rings. The van der Waals surface area contributed by atoms with Gasteiger partial charge in [-0.2, -0.15) is 0 Å². The Morgan fingerprint density at radius 3 is 2.26 bits per heavy atom. The van der Waals surface area contributed by atoms with Gasteiger partial charge in [0.25, 0.3) is 0 Å². The van der Waals surface area contributed by atoms with Crippen molar-refractivity contribution in [1.82, 2.24) is 10.6 Å². The fraction of sp³-hybridized carbons (Fsp3) is 0.275. The van der Waals surface area contributed by atoms with Gasteiger partial charge in [-0.25, -0.2) is 0 Å². The maximum absolute atomic E-state index is 14.2. The number of carbonyl (C=O) groups excluding carboxylic acids is 2. The van der Waals surface area contributed by atoms with E-state index in [-0.39, 0.29) is 29.9 Å². The second-order valence-electron chi connectivity index (χ2n) is 12.3. The maximum Gasteiger partial charge on any atom is 0.225 e. The molecular formula is C40H40N2O8. The molecule has 0 unspecified atom stereocenters. The van der Waals surface area contributed by atoms with Gasteiger partial charge in [0.05, 0.1) is 46.9 Å². The lowest BCUT2D eigenvalue weighted by Gasteiger charge is -2.20. The molecule has 10 heteroatoms. The van der Waals surface area contributed by atoms with Crippen molar-refractivity contribution in [2.24, 2.45) is 0 Å². The van der Waals surface area contributed by atoms with E-state index < -0.39 is 11.5 Å². The highest BCUT2D eigenvalue weighted by Gasteiger charge is 2.31. The molecule has 5 aromatic rings. The molecule has 0 aliphatic heterocycles. The van der Waals surface area contributed by atoms with E-state index in [0.29, 0.717) is 74.8 Å². The summed E-state index contributed by atoms with van der Waals surface area (Å²) in [5.74, 6) is 1.88. The van der Waals surface area contributed by atoms with E-state index in [1.54, 1.807) is 33.5 Å². The summed E-state index contributed by atoms with van der Waals surface area (Å²) in [6.45, 7) is 3.37. The second-order valence-corrected chi connectivity index (χ2v) is 12.3. The molecule has 0 spiro atoms. The van der Waals surface area contributed by atoms with E-state index in [0.717, 1.165) is 11.1 Å². The minimum absolute atomic E-state index is 0.0746. The van der Waals surface area contributed by atoms with Crippen LogP contribution in [0.1, 0.15) is 54.6 Å². The van der Waals surface area contributed by atoms with Gasteiger partial charge in [-0.15, -0.1) is 0 Å². The topological polar surface area (TPSA) is 125 Å². The normalized spacial score (nSPS) is 14.1. The predicted octanol–water partition coefficient (Wildman–Crippen LogP) is 6.70. The number of ether oxygens (including phenoxy) is 4. The van der Waals surface area contributed by atoms with Crippen LogP contribution in [0.4, 0.5) is 0 Å². The zero-order valence-electron chi connectivity index (χ0n) is 29.0. The molecule has 0 saturated heterocycles. The number of rotatable bonds is 10. The molecule has 1 aliphatic carbocycles. The number of fused-ring (bicyclic) bond motifs is 4. The number of methoxy groups -OCH3 is 4. The van der Waals surface area contributed by atoms with Crippen molar-refractivity contribution >= 4 is 22.8 Å². The summed E-state index contributed by atoms with van der Waals surface area (Å²) in [4.78, 5) is 40.5. The van der Waals surface area contributed by atoms with Crippen molar-refractivity contribution in [3.8, 4) is 45.4 Å². The number of hydrogen-bond donors (Lipinski definition) is 2. The number of benzene rings is 3. The van der Waals surface area contributed by atoms with Crippen molar-refractivity contribution in [3.63, 3.8) is 0 Å². The standard InChI is InChI=1S/C40H40N2O8/c1-22(24-10-8-7-9-11-24)41-35(45)21-31-30-19-29-28(20-33(44)38(30)50-37(31)25-12-15-27(46-3)16-13-25)32(42-23(2)43)17-14-26-18-34(47-4)39(48-5)40(49-6)36(26)29/h7-13,15-16,18-20,22,32H,14,17,21H2,1-6H3,(H,41,45)(H,42,43)/t22-,32-/m0/s1. The van der Waals surface area contributed by atoms with E-state index in [1.807, 2.05) is 61.5 Å². The molecule has 50 heavy (non-hydrogen) atoms. The van der Waals surface area contributed by atoms with Gasteiger partial charge in [-0.3, -0.25) is 14.4 Å². The van der Waals surface area contributed by atoms with Gasteiger partial charge >= 0.3 is 0 Å². The first-order valence-corrected chi connectivity index (χ1v) is 16.4. The largest absolute Gasteiger partial charge is 0.497 e. The highest BCUT2D eigenvalue weighted by molar-refractivity contribution is 5.96. The van der Waals surface area contributed by atoms with E-state index in [9.17, 15) is 14.4 Å². The van der Waals surface area contributed by atoms with Gasteiger partial charge in [-0.05, 0) is 84.5 Å². The average Bonchev–Trinajstić information content (AvgIpc) is 3.32. The monoisotopic (exact) mass is 676 g/mol. The Bertz CT molecular complexity index is 2120. The van der Waals surface area contributed by atoms with Crippen LogP contribution in [0.2, 0.25) is 0 Å². The summed E-state index contributed by atoms with van der Waals surface area (Å²) in [6, 6.07) is 21.5. The first kappa shape index (κ1) is 34.1. The first-order valence-electron chi connectivity index (χ1n) is 16.4. The second kappa shape index (κ2) is 14.4. The molecule has 0 radical (unpaired) electrons. The zero-order valence-corrected chi connectivity index (χ0v) is 29.0. The highest BCUT2D eigenvalue weighted by atomic mass is 16.5. The zero-order chi connectivity index (χ0) is 35.5. The SMILES string of the molecule is COc1ccc(-c2oc3c(=O)cc4c(cc3c2CC(=O)N[C@@H](C)c2ccccc2)-c2c(cc(OC)c(OC)c2OC)CC[C@@H]4NC(C)=O)cc1. The number of nitrogens with one attached hydrogen (secondary N) is 2. The van der Waals surface area contributed by atoms with Crippen molar-refractivity contribution in [2.75, 3.05) is 28.4 Å². The van der Waals surface area contributed by atoms with Crippen LogP contribution in [0.15, 0.2) is 82.0 Å². The molecule has 2 N–H and O–H groups in total. The summed E-state index contributed by atoms with van der Waals surface area (Å²) < 4.78 is 29.2. The molecule has 258 valence electrons. The third-order valence-electron chi connectivity index (χ3n) is 9.16. The summed E-state index contributed by atoms with van der Waals surface area (Å²) >= 11 is 0. The van der Waals surface area contributed by atoms with Gasteiger partial charge in [-0.1, -0.05) is 30.3 Å². The Balaban J connectivity index is 1.64. The summed E-state index contributed by atoms with van der Waals surface area (Å²) in [6.07, 6.45) is 0.976. The number of carbonyl (C=O) groups is 2. The quantitative estimate of drug-likeness (QED) is 0.167. The van der Waals surface area contributed by atoms with Crippen molar-refractivity contribution in [1.29, 1.82) is 0 Å². The lowest BCUT2D eigenvalue weighted by molar-refractivity contribution is -0.121. The molecule has 2 amide bonds. The van der Waals surface area contributed by atoms with E-state index in [4.69, 9.17) is 23.4 Å². The molecule has 4 aromatic carbocycles. The van der Waals surface area contributed by atoms with Crippen LogP contribution in [0.3, 0.4) is 0 Å². The molecule has 1 aliphatic rings. The predicted molar refractivity (Wildman–Crippen MR) is 191 cm³/mol. The van der Waals surface area contributed by atoms with Crippen molar-refractivity contribution in [2.45, 2.75) is 45.2 Å². The molecule has 0 saturated carbocycles. The molecular weight excluding hydrogens is 636 g/mol. The Morgan fingerprint density at radius 1 is 0.900 bits per heavy atom. The Kier molecular flexibility index (Phi) is 9.81. The fourth-order valence-corrected chi connectivity index (χ4v) is 6.81. The Labute approximate surface area is 290 Å². The van der Waals surface area contributed by atoms with Crippen molar-refractivity contribution < 1.29 is 33.0 Å². The van der Waals surface area contributed by atoms with Gasteiger partial charge in [0.1, 0.15) is 11.5 Å². The van der Waals surface area contributed by atoms with E-state index in [2.05, 4.69) is 10.6 Å². The Morgan fingerprint density at radius 2 is 1.62 bits per heavy atom. The van der Waals surface area contributed by atoms with Gasteiger partial charge in [0.2, 0.25) is 23.0 Å². The molecule has 1 aromatic heterocycles. The number of furan rings is 1. The minimum Gasteiger partial charge on any atom is -0.497 e. The van der Waals surface area contributed by atoms with Crippen LogP contribution >= 0.6 is 0 Å². The first-order chi connectivity index (χ1) is 24.2. The van der Waals surface area contributed by atoms with Crippen LogP contribution in [-0.2, 0) is 22.4 Å². The van der Waals surface area contributed by atoms with E-state index >= 15 is 0 Å². The molecule has 2 atom stereocenters. The van der Waals surface area contributed by atoms with Crippen LogP contribution in [0.5, 0.6) is 23.0 Å². The molecule has 6 rings (SSSR count). The lowest BCUT2D eigenvalue weighted by atomic mass is 9.94. The fourth-order valence-electron chi connectivity index (χ4n) is 6.81. The van der Waals surface area contributed by atoms with Crippen LogP contribution in [-0.4, -0.2) is 40.3 Å². The van der Waals surface area contributed by atoms with Crippen LogP contribution < -0.4 is 35.0 Å². The maximum atomic E-state index is 14.2. The number of hydrogen-bond acceptors (Lipinski definition) is 8.